The number of fused-ring (bicyclic) bond motifs is 1. The first kappa shape index (κ1) is 13.7. The Balaban J connectivity index is 0.000000282. The topological polar surface area (TPSA) is 0 Å². The fourth-order valence-electron chi connectivity index (χ4n) is 1.32. The maximum absolute atomic E-state index is 3.30. The number of rotatable bonds is 0. The molecule has 0 spiro atoms. The van der Waals surface area contributed by atoms with E-state index in [1.807, 2.05) is 20.8 Å². The van der Waals surface area contributed by atoms with Gasteiger partial charge in [-0.3, -0.25) is 0 Å². The summed E-state index contributed by atoms with van der Waals surface area (Å²) in [6.45, 7) is 11.3. The number of benzene rings is 1. The summed E-state index contributed by atoms with van der Waals surface area (Å²) in [4.78, 5) is 0. The van der Waals surface area contributed by atoms with Crippen LogP contribution in [0.15, 0.2) is 36.6 Å². The van der Waals surface area contributed by atoms with E-state index >= 15 is 0 Å². The standard InChI is InChI=1S/C9H10.C4H6.C2H6/c1-7-2-3-8-4-5-9(8)6-7;1-3-4-2;1-2/h2-3,6H,4-5H2,1H3;4H,1H2,2H3;1-2H3. The molecule has 0 radical (unpaired) electrons. The van der Waals surface area contributed by atoms with Crippen molar-refractivity contribution in [2.24, 2.45) is 0 Å². The van der Waals surface area contributed by atoms with E-state index in [9.17, 15) is 0 Å². The van der Waals surface area contributed by atoms with Crippen molar-refractivity contribution in [3.05, 3.63) is 53.3 Å². The summed E-state index contributed by atoms with van der Waals surface area (Å²) < 4.78 is 0. The summed E-state index contributed by atoms with van der Waals surface area (Å²) in [6, 6.07) is 6.73. The molecule has 0 N–H and O–H groups in total. The van der Waals surface area contributed by atoms with Crippen LogP contribution in [0.3, 0.4) is 0 Å². The van der Waals surface area contributed by atoms with Gasteiger partial charge in [-0.05, 0) is 43.9 Å². The molecule has 0 atom stereocenters. The van der Waals surface area contributed by atoms with E-state index in [4.69, 9.17) is 0 Å². The predicted octanol–water partition coefficient (Wildman–Crippen LogP) is 4.47. The van der Waals surface area contributed by atoms with Gasteiger partial charge in [-0.2, -0.15) is 0 Å². The Kier molecular flexibility index (Phi) is 7.40. The second kappa shape index (κ2) is 8.08. The second-order valence-corrected chi connectivity index (χ2v) is 3.26. The van der Waals surface area contributed by atoms with Crippen LogP contribution in [0.1, 0.15) is 37.5 Å². The SMILES string of the molecule is C=C=CC.CC.Cc1ccc2c(c1)CC2. The molecule has 0 bridgehead atoms. The van der Waals surface area contributed by atoms with Crippen molar-refractivity contribution in [2.45, 2.75) is 40.5 Å². The zero-order valence-electron chi connectivity index (χ0n) is 10.4. The Labute approximate surface area is 94.3 Å². The molecule has 0 fully saturated rings. The van der Waals surface area contributed by atoms with Gasteiger partial charge in [0.25, 0.3) is 0 Å². The van der Waals surface area contributed by atoms with Crippen LogP contribution in [-0.2, 0) is 12.8 Å². The smallest absolute Gasteiger partial charge is 0.0235 e. The molecule has 1 aromatic carbocycles. The van der Waals surface area contributed by atoms with Gasteiger partial charge < -0.3 is 0 Å². The van der Waals surface area contributed by atoms with Crippen LogP contribution in [0, 0.1) is 6.92 Å². The van der Waals surface area contributed by atoms with Gasteiger partial charge >= 0.3 is 0 Å². The summed E-state index contributed by atoms with van der Waals surface area (Å²) in [5.41, 5.74) is 7.07. The highest BCUT2D eigenvalue weighted by Gasteiger charge is 2.10. The Hall–Kier alpha value is -1.26. The second-order valence-electron chi connectivity index (χ2n) is 3.26. The third kappa shape index (κ3) is 4.67. The number of allylic oxidation sites excluding steroid dienone is 1. The highest BCUT2D eigenvalue weighted by atomic mass is 14.2. The molecule has 1 aliphatic rings. The van der Waals surface area contributed by atoms with Crippen LogP contribution in [-0.4, -0.2) is 0 Å². The largest absolute Gasteiger partial charge is 0.133 e. The summed E-state index contributed by atoms with van der Waals surface area (Å²) in [5, 5.41) is 0. The van der Waals surface area contributed by atoms with E-state index in [1.54, 1.807) is 17.2 Å². The minimum atomic E-state index is 1.30. The molecule has 0 nitrogen and oxygen atoms in total. The Morgan fingerprint density at radius 1 is 1.20 bits per heavy atom. The molecule has 0 aromatic heterocycles. The van der Waals surface area contributed by atoms with Gasteiger partial charge in [0.15, 0.2) is 0 Å². The summed E-state index contributed by atoms with van der Waals surface area (Å²) in [7, 11) is 0. The average Bonchev–Trinajstić information content (AvgIpc) is 2.26. The molecule has 0 aliphatic heterocycles. The van der Waals surface area contributed by atoms with Crippen LogP contribution < -0.4 is 0 Å². The Morgan fingerprint density at radius 3 is 2.00 bits per heavy atom. The lowest BCUT2D eigenvalue weighted by Gasteiger charge is -2.18. The van der Waals surface area contributed by atoms with Crippen LogP contribution in [0.25, 0.3) is 0 Å². The van der Waals surface area contributed by atoms with Crippen molar-refractivity contribution < 1.29 is 0 Å². The average molecular weight is 202 g/mol. The zero-order chi connectivity index (χ0) is 11.7. The van der Waals surface area contributed by atoms with E-state index in [2.05, 4.69) is 37.4 Å². The van der Waals surface area contributed by atoms with Gasteiger partial charge in [0, 0.05) is 0 Å². The van der Waals surface area contributed by atoms with Crippen molar-refractivity contribution >= 4 is 0 Å². The lowest BCUT2D eigenvalue weighted by Crippen LogP contribution is -2.07. The fraction of sp³-hybridized carbons (Fsp3) is 0.400. The van der Waals surface area contributed by atoms with Gasteiger partial charge in [0.2, 0.25) is 0 Å². The molecule has 1 aliphatic carbocycles. The maximum Gasteiger partial charge on any atom is -0.0235 e. The Morgan fingerprint density at radius 2 is 1.73 bits per heavy atom. The molecule has 0 heteroatoms. The van der Waals surface area contributed by atoms with Crippen LogP contribution >= 0.6 is 0 Å². The monoisotopic (exact) mass is 202 g/mol. The molecular formula is C15H22. The van der Waals surface area contributed by atoms with Crippen molar-refractivity contribution in [2.75, 3.05) is 0 Å². The molecule has 0 heterocycles. The molecule has 82 valence electrons. The zero-order valence-corrected chi connectivity index (χ0v) is 10.4. The van der Waals surface area contributed by atoms with Crippen molar-refractivity contribution in [3.63, 3.8) is 0 Å². The third-order valence-corrected chi connectivity index (χ3v) is 2.23. The normalized spacial score (nSPS) is 10.1. The van der Waals surface area contributed by atoms with E-state index in [1.165, 1.54) is 18.4 Å². The van der Waals surface area contributed by atoms with E-state index in [-0.39, 0.29) is 0 Å². The van der Waals surface area contributed by atoms with E-state index in [0.29, 0.717) is 0 Å². The van der Waals surface area contributed by atoms with Gasteiger partial charge in [-0.15, -0.1) is 5.73 Å². The molecule has 1 aromatic rings. The first-order valence-corrected chi connectivity index (χ1v) is 5.66. The van der Waals surface area contributed by atoms with Gasteiger partial charge in [0.1, 0.15) is 0 Å². The Bertz CT molecular complexity index is 328. The van der Waals surface area contributed by atoms with Crippen molar-refractivity contribution in [3.8, 4) is 0 Å². The van der Waals surface area contributed by atoms with Crippen LogP contribution in [0.2, 0.25) is 0 Å². The summed E-state index contributed by atoms with van der Waals surface area (Å²) in [6.07, 6.45) is 4.37. The lowest BCUT2D eigenvalue weighted by molar-refractivity contribution is 0.837. The molecule has 0 unspecified atom stereocenters. The van der Waals surface area contributed by atoms with Crippen LogP contribution in [0.4, 0.5) is 0 Å². The highest BCUT2D eigenvalue weighted by Crippen LogP contribution is 2.22. The molecule has 0 saturated carbocycles. The number of hydrogen-bond acceptors (Lipinski definition) is 0. The van der Waals surface area contributed by atoms with Crippen LogP contribution in [0.5, 0.6) is 0 Å². The van der Waals surface area contributed by atoms with Crippen molar-refractivity contribution in [1.82, 2.24) is 0 Å². The van der Waals surface area contributed by atoms with Gasteiger partial charge in [-0.25, -0.2) is 0 Å². The predicted molar refractivity (Wildman–Crippen MR) is 69.3 cm³/mol. The summed E-state index contributed by atoms with van der Waals surface area (Å²) >= 11 is 0. The molecule has 0 saturated heterocycles. The molecule has 2 rings (SSSR count). The first-order chi connectivity index (χ1) is 7.27. The van der Waals surface area contributed by atoms with E-state index in [0.717, 1.165) is 0 Å². The highest BCUT2D eigenvalue weighted by molar-refractivity contribution is 5.37. The third-order valence-electron chi connectivity index (χ3n) is 2.23. The number of hydrogen-bond donors (Lipinski definition) is 0. The maximum atomic E-state index is 3.30. The quantitative estimate of drug-likeness (QED) is 0.545. The van der Waals surface area contributed by atoms with Gasteiger partial charge in [0.05, 0.1) is 0 Å². The first-order valence-electron chi connectivity index (χ1n) is 5.66. The summed E-state index contributed by atoms with van der Waals surface area (Å²) in [5.74, 6) is 0. The van der Waals surface area contributed by atoms with Crippen molar-refractivity contribution in [1.29, 1.82) is 0 Å². The minimum Gasteiger partial charge on any atom is -0.133 e. The van der Waals surface area contributed by atoms with E-state index < -0.39 is 0 Å². The fourth-order valence-corrected chi connectivity index (χ4v) is 1.32. The molecule has 0 amide bonds. The molecular weight excluding hydrogens is 180 g/mol. The number of aryl methyl sites for hydroxylation is 3. The lowest BCUT2D eigenvalue weighted by atomic mass is 9.88. The van der Waals surface area contributed by atoms with Gasteiger partial charge in [-0.1, -0.05) is 44.2 Å². The minimum absolute atomic E-state index is 1.30. The molecule has 15 heavy (non-hydrogen) atoms.